The summed E-state index contributed by atoms with van der Waals surface area (Å²) in [5, 5.41) is 3.14. The van der Waals surface area contributed by atoms with Gasteiger partial charge in [-0.05, 0) is 48.0 Å². The van der Waals surface area contributed by atoms with E-state index in [1.165, 1.54) is 0 Å². The van der Waals surface area contributed by atoms with Gasteiger partial charge in [-0.3, -0.25) is 4.90 Å². The van der Waals surface area contributed by atoms with Crippen LogP contribution in [0.25, 0.3) is 0 Å². The number of hydrogen-bond acceptors (Lipinski definition) is 2. The van der Waals surface area contributed by atoms with Gasteiger partial charge in [-0.2, -0.15) is 0 Å². The van der Waals surface area contributed by atoms with Gasteiger partial charge in [0.2, 0.25) is 0 Å². The second-order valence-corrected chi connectivity index (χ2v) is 7.57. The molecule has 0 spiro atoms. The summed E-state index contributed by atoms with van der Waals surface area (Å²) in [5.41, 5.74) is 0.0740. The third kappa shape index (κ3) is 2.35. The lowest BCUT2D eigenvalue weighted by atomic mass is 9.92. The van der Waals surface area contributed by atoms with Crippen molar-refractivity contribution in [2.75, 3.05) is 13.1 Å². The Labute approximate surface area is 111 Å². The minimum absolute atomic E-state index is 0.105. The van der Waals surface area contributed by atoms with Gasteiger partial charge in [0.25, 0.3) is 0 Å². The largest absolute Gasteiger partial charge is 0.333 e. The van der Waals surface area contributed by atoms with Crippen LogP contribution in [0, 0.1) is 0 Å². The molecule has 18 heavy (non-hydrogen) atoms. The molecule has 2 aliphatic heterocycles. The van der Waals surface area contributed by atoms with Crippen molar-refractivity contribution in [3.8, 4) is 0 Å². The second-order valence-electron chi connectivity index (χ2n) is 7.57. The minimum Gasteiger partial charge on any atom is -0.333 e. The van der Waals surface area contributed by atoms with Crippen LogP contribution in [0.15, 0.2) is 0 Å². The number of likely N-dealkylation sites (tertiary alicyclic amines) is 1. The lowest BCUT2D eigenvalue weighted by Gasteiger charge is -2.46. The molecule has 0 aromatic carbocycles. The summed E-state index contributed by atoms with van der Waals surface area (Å²) in [5.74, 6) is 0. The van der Waals surface area contributed by atoms with Crippen molar-refractivity contribution in [1.29, 1.82) is 0 Å². The summed E-state index contributed by atoms with van der Waals surface area (Å²) in [4.78, 5) is 16.7. The molecule has 0 saturated carbocycles. The minimum atomic E-state index is -0.107. The predicted molar refractivity (Wildman–Crippen MR) is 73.6 cm³/mol. The van der Waals surface area contributed by atoms with E-state index in [0.29, 0.717) is 12.1 Å². The molecule has 2 aliphatic rings. The molecule has 2 unspecified atom stereocenters. The normalized spacial score (nSPS) is 30.3. The van der Waals surface area contributed by atoms with E-state index in [-0.39, 0.29) is 17.1 Å². The molecule has 2 amide bonds. The van der Waals surface area contributed by atoms with Crippen LogP contribution in [0.5, 0.6) is 0 Å². The van der Waals surface area contributed by atoms with Gasteiger partial charge in [-0.25, -0.2) is 4.79 Å². The van der Waals surface area contributed by atoms with Gasteiger partial charge in [0.15, 0.2) is 0 Å². The van der Waals surface area contributed by atoms with E-state index >= 15 is 0 Å². The SMILES string of the molecule is CC(C)(C)N1CCC2NC(=O)N(C(C)(C)C)C2C1. The van der Waals surface area contributed by atoms with Gasteiger partial charge >= 0.3 is 6.03 Å². The molecule has 2 atom stereocenters. The zero-order valence-electron chi connectivity index (χ0n) is 12.6. The Morgan fingerprint density at radius 2 is 1.72 bits per heavy atom. The molecule has 0 bridgehead atoms. The fourth-order valence-corrected chi connectivity index (χ4v) is 3.15. The topological polar surface area (TPSA) is 35.6 Å². The van der Waals surface area contributed by atoms with Crippen molar-refractivity contribution in [2.24, 2.45) is 0 Å². The van der Waals surface area contributed by atoms with E-state index in [2.05, 4.69) is 51.8 Å². The van der Waals surface area contributed by atoms with Gasteiger partial charge in [0.1, 0.15) is 0 Å². The van der Waals surface area contributed by atoms with Gasteiger partial charge in [0, 0.05) is 24.2 Å². The number of fused-ring (bicyclic) bond motifs is 1. The quantitative estimate of drug-likeness (QED) is 0.717. The zero-order valence-corrected chi connectivity index (χ0v) is 12.6. The van der Waals surface area contributed by atoms with Crippen LogP contribution in [-0.4, -0.2) is 52.1 Å². The Morgan fingerprint density at radius 3 is 2.22 bits per heavy atom. The van der Waals surface area contributed by atoms with Gasteiger partial charge in [-0.15, -0.1) is 0 Å². The molecule has 4 heteroatoms. The average Bonchev–Trinajstić information content (AvgIpc) is 2.49. The molecule has 0 aliphatic carbocycles. The monoisotopic (exact) mass is 253 g/mol. The molecule has 104 valence electrons. The van der Waals surface area contributed by atoms with Crippen molar-refractivity contribution >= 4 is 6.03 Å². The number of nitrogens with one attached hydrogen (secondary N) is 1. The highest BCUT2D eigenvalue weighted by Gasteiger charge is 2.47. The van der Waals surface area contributed by atoms with Crippen LogP contribution in [0.1, 0.15) is 48.0 Å². The van der Waals surface area contributed by atoms with E-state index in [1.807, 2.05) is 4.90 Å². The first-order valence-electron chi connectivity index (χ1n) is 6.95. The standard InChI is InChI=1S/C14H27N3O/c1-13(2,3)16-8-7-10-11(9-16)17(12(18)15-10)14(4,5)6/h10-11H,7-9H2,1-6H3,(H,15,18). The zero-order chi connectivity index (χ0) is 13.7. The lowest BCUT2D eigenvalue weighted by Crippen LogP contribution is -2.59. The van der Waals surface area contributed by atoms with Crippen LogP contribution in [-0.2, 0) is 0 Å². The van der Waals surface area contributed by atoms with E-state index in [1.54, 1.807) is 0 Å². The number of rotatable bonds is 0. The Hall–Kier alpha value is -0.770. The van der Waals surface area contributed by atoms with Crippen LogP contribution in [0.4, 0.5) is 4.79 Å². The molecule has 2 rings (SSSR count). The number of urea groups is 1. The molecule has 0 aromatic rings. The van der Waals surface area contributed by atoms with Crippen LogP contribution >= 0.6 is 0 Å². The smallest absolute Gasteiger partial charge is 0.318 e. The number of carbonyl (C=O) groups is 1. The van der Waals surface area contributed by atoms with Crippen molar-refractivity contribution in [3.63, 3.8) is 0 Å². The number of amides is 2. The highest BCUT2D eigenvalue weighted by molar-refractivity contribution is 5.78. The summed E-state index contributed by atoms with van der Waals surface area (Å²) in [6.07, 6.45) is 1.06. The molecule has 2 fully saturated rings. The van der Waals surface area contributed by atoms with Crippen molar-refractivity contribution in [1.82, 2.24) is 15.1 Å². The molecule has 0 radical (unpaired) electrons. The maximum atomic E-state index is 12.1. The number of nitrogens with zero attached hydrogens (tertiary/aromatic N) is 2. The van der Waals surface area contributed by atoms with Crippen molar-refractivity contribution in [2.45, 2.75) is 71.1 Å². The van der Waals surface area contributed by atoms with E-state index in [9.17, 15) is 4.79 Å². The molecule has 0 aromatic heterocycles. The number of piperidine rings is 1. The first kappa shape index (κ1) is 13.7. The summed E-state index contributed by atoms with van der Waals surface area (Å²) in [6, 6.07) is 0.744. The third-order valence-electron chi connectivity index (χ3n) is 4.11. The number of carbonyl (C=O) groups excluding carboxylic acids is 1. The maximum Gasteiger partial charge on any atom is 0.318 e. The molecule has 4 nitrogen and oxygen atoms in total. The average molecular weight is 253 g/mol. The van der Waals surface area contributed by atoms with Gasteiger partial charge < -0.3 is 10.2 Å². The van der Waals surface area contributed by atoms with Crippen LogP contribution in [0.3, 0.4) is 0 Å². The first-order valence-corrected chi connectivity index (χ1v) is 6.95. The second kappa shape index (κ2) is 4.12. The van der Waals surface area contributed by atoms with Crippen molar-refractivity contribution < 1.29 is 4.79 Å². The Balaban J connectivity index is 2.19. The van der Waals surface area contributed by atoms with Crippen LogP contribution in [0.2, 0.25) is 0 Å². The summed E-state index contributed by atoms with van der Waals surface area (Å²) in [7, 11) is 0. The first-order chi connectivity index (χ1) is 8.10. The number of hydrogen-bond donors (Lipinski definition) is 1. The van der Waals surface area contributed by atoms with E-state index in [0.717, 1.165) is 19.5 Å². The van der Waals surface area contributed by atoms with Crippen LogP contribution < -0.4 is 5.32 Å². The molecule has 1 N–H and O–H groups in total. The molecule has 2 saturated heterocycles. The lowest BCUT2D eigenvalue weighted by molar-refractivity contribution is 0.0386. The molecule has 2 heterocycles. The van der Waals surface area contributed by atoms with Gasteiger partial charge in [0.05, 0.1) is 12.1 Å². The highest BCUT2D eigenvalue weighted by Crippen LogP contribution is 2.31. The molecular weight excluding hydrogens is 226 g/mol. The fourth-order valence-electron chi connectivity index (χ4n) is 3.15. The Bertz CT molecular complexity index is 340. The summed E-state index contributed by atoms with van der Waals surface area (Å²) in [6.45, 7) is 15.1. The van der Waals surface area contributed by atoms with E-state index < -0.39 is 0 Å². The Kier molecular flexibility index (Phi) is 3.13. The highest BCUT2D eigenvalue weighted by atomic mass is 16.2. The predicted octanol–water partition coefficient (Wildman–Crippen LogP) is 2.05. The maximum absolute atomic E-state index is 12.1. The molecular formula is C14H27N3O. The van der Waals surface area contributed by atoms with E-state index in [4.69, 9.17) is 0 Å². The van der Waals surface area contributed by atoms with Crippen molar-refractivity contribution in [3.05, 3.63) is 0 Å². The third-order valence-corrected chi connectivity index (χ3v) is 4.11. The fraction of sp³-hybridized carbons (Fsp3) is 0.929. The Morgan fingerprint density at radius 1 is 1.11 bits per heavy atom. The van der Waals surface area contributed by atoms with Gasteiger partial charge in [-0.1, -0.05) is 0 Å². The summed E-state index contributed by atoms with van der Waals surface area (Å²) < 4.78 is 0. The summed E-state index contributed by atoms with van der Waals surface area (Å²) >= 11 is 0.